The number of nitrogens with zero attached hydrogens (tertiary/aromatic N) is 3. The minimum absolute atomic E-state index is 0.190. The highest BCUT2D eigenvalue weighted by atomic mass is 16.1. The molecule has 1 aromatic heterocycles. The molecule has 1 saturated carbocycles. The Labute approximate surface area is 119 Å². The van der Waals surface area contributed by atoms with Crippen LogP contribution < -0.4 is 16.0 Å². The first kappa shape index (κ1) is 13.4. The standard InChI is InChI=1S/C14H23N5O/c1-9-11(8-16-10-5-6-10)14(18(2)17-9)19-7-3-4-12(19)13(15)20/h10,12,16H,3-8H2,1-2H3,(H2,15,20). The van der Waals surface area contributed by atoms with Gasteiger partial charge in [0.15, 0.2) is 0 Å². The van der Waals surface area contributed by atoms with E-state index in [1.54, 1.807) is 0 Å². The zero-order valence-corrected chi connectivity index (χ0v) is 12.2. The first-order valence-electron chi connectivity index (χ1n) is 7.39. The summed E-state index contributed by atoms with van der Waals surface area (Å²) in [5, 5.41) is 8.07. The van der Waals surface area contributed by atoms with Crippen LogP contribution in [0, 0.1) is 6.92 Å². The third-order valence-corrected chi connectivity index (χ3v) is 4.31. The average molecular weight is 277 g/mol. The van der Waals surface area contributed by atoms with Gasteiger partial charge in [0.2, 0.25) is 5.91 Å². The molecule has 0 spiro atoms. The summed E-state index contributed by atoms with van der Waals surface area (Å²) in [5.74, 6) is 0.819. The van der Waals surface area contributed by atoms with Gasteiger partial charge < -0.3 is 16.0 Å². The fourth-order valence-corrected chi connectivity index (χ4v) is 3.11. The molecular formula is C14H23N5O. The second-order valence-electron chi connectivity index (χ2n) is 5.92. The lowest BCUT2D eigenvalue weighted by Gasteiger charge is -2.25. The van der Waals surface area contributed by atoms with Crippen LogP contribution in [-0.4, -0.2) is 34.3 Å². The highest BCUT2D eigenvalue weighted by Gasteiger charge is 2.33. The van der Waals surface area contributed by atoms with E-state index < -0.39 is 0 Å². The smallest absolute Gasteiger partial charge is 0.240 e. The molecular weight excluding hydrogens is 254 g/mol. The Morgan fingerprint density at radius 1 is 1.45 bits per heavy atom. The molecule has 3 N–H and O–H groups in total. The van der Waals surface area contributed by atoms with Crippen molar-refractivity contribution in [3.05, 3.63) is 11.3 Å². The molecule has 20 heavy (non-hydrogen) atoms. The number of hydrogen-bond acceptors (Lipinski definition) is 4. The van der Waals surface area contributed by atoms with Crippen molar-refractivity contribution in [2.45, 2.75) is 51.2 Å². The number of amides is 1. The van der Waals surface area contributed by atoms with E-state index in [1.165, 1.54) is 18.4 Å². The average Bonchev–Trinajstić information content (AvgIpc) is 3.00. The Bertz CT molecular complexity index is 520. The summed E-state index contributed by atoms with van der Waals surface area (Å²) >= 11 is 0. The lowest BCUT2D eigenvalue weighted by atomic mass is 10.2. The summed E-state index contributed by atoms with van der Waals surface area (Å²) in [7, 11) is 1.94. The summed E-state index contributed by atoms with van der Waals surface area (Å²) < 4.78 is 1.89. The molecule has 110 valence electrons. The molecule has 2 aliphatic rings. The third-order valence-electron chi connectivity index (χ3n) is 4.31. The molecule has 1 unspecified atom stereocenters. The van der Waals surface area contributed by atoms with Gasteiger partial charge in [0, 0.05) is 31.7 Å². The Balaban J connectivity index is 1.88. The summed E-state index contributed by atoms with van der Waals surface area (Å²) in [5.41, 5.74) is 7.77. The molecule has 0 bridgehead atoms. The van der Waals surface area contributed by atoms with Crippen LogP contribution in [0.15, 0.2) is 0 Å². The van der Waals surface area contributed by atoms with Gasteiger partial charge in [-0.1, -0.05) is 0 Å². The first-order chi connectivity index (χ1) is 9.58. The number of aromatic nitrogens is 2. The lowest BCUT2D eigenvalue weighted by molar-refractivity contribution is -0.119. The van der Waals surface area contributed by atoms with Crippen LogP contribution >= 0.6 is 0 Å². The van der Waals surface area contributed by atoms with Crippen molar-refractivity contribution in [3.8, 4) is 0 Å². The van der Waals surface area contributed by atoms with Gasteiger partial charge in [0.1, 0.15) is 11.9 Å². The third kappa shape index (κ3) is 2.40. The van der Waals surface area contributed by atoms with Gasteiger partial charge in [-0.2, -0.15) is 5.10 Å². The number of nitrogens with one attached hydrogen (secondary N) is 1. The van der Waals surface area contributed by atoms with Gasteiger partial charge in [-0.25, -0.2) is 0 Å². The van der Waals surface area contributed by atoms with Crippen molar-refractivity contribution >= 4 is 11.7 Å². The molecule has 1 aliphatic carbocycles. The van der Waals surface area contributed by atoms with Crippen LogP contribution in [0.25, 0.3) is 0 Å². The van der Waals surface area contributed by atoms with E-state index >= 15 is 0 Å². The number of hydrogen-bond donors (Lipinski definition) is 2. The summed E-state index contributed by atoms with van der Waals surface area (Å²) in [6.45, 7) is 3.73. The lowest BCUT2D eigenvalue weighted by Crippen LogP contribution is -2.41. The van der Waals surface area contributed by atoms with Crippen molar-refractivity contribution in [1.82, 2.24) is 15.1 Å². The predicted molar refractivity (Wildman–Crippen MR) is 77.4 cm³/mol. The molecule has 2 fully saturated rings. The monoisotopic (exact) mass is 277 g/mol. The molecule has 0 radical (unpaired) electrons. The summed E-state index contributed by atoms with van der Waals surface area (Å²) in [6, 6.07) is 0.470. The number of nitrogens with two attached hydrogens (primary N) is 1. The molecule has 6 nitrogen and oxygen atoms in total. The zero-order valence-electron chi connectivity index (χ0n) is 12.2. The molecule has 1 saturated heterocycles. The van der Waals surface area contributed by atoms with E-state index in [-0.39, 0.29) is 11.9 Å². The summed E-state index contributed by atoms with van der Waals surface area (Å²) in [4.78, 5) is 13.8. The highest BCUT2D eigenvalue weighted by Crippen LogP contribution is 2.31. The Hall–Kier alpha value is -1.56. The molecule has 2 heterocycles. The maximum Gasteiger partial charge on any atom is 0.240 e. The molecule has 3 rings (SSSR count). The van der Waals surface area contributed by atoms with E-state index in [0.717, 1.165) is 37.4 Å². The van der Waals surface area contributed by atoms with E-state index in [0.29, 0.717) is 6.04 Å². The highest BCUT2D eigenvalue weighted by molar-refractivity contribution is 5.84. The molecule has 1 aromatic rings. The number of primary amides is 1. The van der Waals surface area contributed by atoms with Crippen LogP contribution in [0.3, 0.4) is 0 Å². The van der Waals surface area contributed by atoms with Crippen molar-refractivity contribution in [2.75, 3.05) is 11.4 Å². The second-order valence-corrected chi connectivity index (χ2v) is 5.92. The van der Waals surface area contributed by atoms with Gasteiger partial charge in [-0.3, -0.25) is 9.48 Å². The van der Waals surface area contributed by atoms with Crippen molar-refractivity contribution in [3.63, 3.8) is 0 Å². The number of anilines is 1. The number of carbonyl (C=O) groups excluding carboxylic acids is 1. The van der Waals surface area contributed by atoms with Crippen LogP contribution in [0.5, 0.6) is 0 Å². The number of rotatable bonds is 5. The fraction of sp³-hybridized carbons (Fsp3) is 0.714. The molecule has 1 aliphatic heterocycles. The van der Waals surface area contributed by atoms with Gasteiger partial charge in [0.05, 0.1) is 5.69 Å². The molecule has 1 amide bonds. The van der Waals surface area contributed by atoms with Gasteiger partial charge in [-0.15, -0.1) is 0 Å². The van der Waals surface area contributed by atoms with E-state index in [9.17, 15) is 4.79 Å². The van der Waals surface area contributed by atoms with Gasteiger partial charge in [0.25, 0.3) is 0 Å². The maximum atomic E-state index is 11.6. The van der Waals surface area contributed by atoms with Crippen LogP contribution in [-0.2, 0) is 18.4 Å². The normalized spacial score (nSPS) is 22.5. The van der Waals surface area contributed by atoms with Gasteiger partial charge in [-0.05, 0) is 32.6 Å². The summed E-state index contributed by atoms with van der Waals surface area (Å²) in [6.07, 6.45) is 4.38. The quantitative estimate of drug-likeness (QED) is 0.818. The Morgan fingerprint density at radius 2 is 2.20 bits per heavy atom. The largest absolute Gasteiger partial charge is 0.368 e. The fourth-order valence-electron chi connectivity index (χ4n) is 3.11. The van der Waals surface area contributed by atoms with Crippen molar-refractivity contribution in [2.24, 2.45) is 12.8 Å². The Kier molecular flexibility index (Phi) is 3.41. The minimum Gasteiger partial charge on any atom is -0.368 e. The molecule has 0 aromatic carbocycles. The van der Waals surface area contributed by atoms with E-state index in [1.807, 2.05) is 18.7 Å². The van der Waals surface area contributed by atoms with Gasteiger partial charge >= 0.3 is 0 Å². The van der Waals surface area contributed by atoms with Crippen molar-refractivity contribution < 1.29 is 4.79 Å². The Morgan fingerprint density at radius 3 is 2.85 bits per heavy atom. The topological polar surface area (TPSA) is 76.2 Å². The van der Waals surface area contributed by atoms with E-state index in [2.05, 4.69) is 15.3 Å². The zero-order chi connectivity index (χ0) is 14.3. The SMILES string of the molecule is Cc1nn(C)c(N2CCCC2C(N)=O)c1CNC1CC1. The number of aryl methyl sites for hydroxylation is 2. The molecule has 6 heteroatoms. The second kappa shape index (κ2) is 5.09. The van der Waals surface area contributed by atoms with Crippen molar-refractivity contribution in [1.29, 1.82) is 0 Å². The molecule has 1 atom stereocenters. The maximum absolute atomic E-state index is 11.6. The van der Waals surface area contributed by atoms with Crippen LogP contribution in [0.4, 0.5) is 5.82 Å². The number of carbonyl (C=O) groups is 1. The first-order valence-corrected chi connectivity index (χ1v) is 7.39. The van der Waals surface area contributed by atoms with Crippen LogP contribution in [0.1, 0.15) is 36.9 Å². The van der Waals surface area contributed by atoms with E-state index in [4.69, 9.17) is 5.73 Å². The predicted octanol–water partition coefficient (Wildman–Crippen LogP) is 0.435. The minimum atomic E-state index is -0.234. The van der Waals surface area contributed by atoms with Crippen LogP contribution in [0.2, 0.25) is 0 Å².